The Bertz CT molecular complexity index is 771. The van der Waals surface area contributed by atoms with Gasteiger partial charge in [-0.25, -0.2) is 14.3 Å². The fraction of sp³-hybridized carbons (Fsp3) is 0.562. The number of carbonyl (C=O) groups is 1. The molecule has 1 fully saturated rings. The van der Waals surface area contributed by atoms with E-state index in [2.05, 4.69) is 26.0 Å². The van der Waals surface area contributed by atoms with Gasteiger partial charge in [-0.15, -0.1) is 0 Å². The second kappa shape index (κ2) is 6.52. The number of likely N-dealkylation sites (tertiary alicyclic amines) is 1. The third-order valence-corrected chi connectivity index (χ3v) is 5.27. The number of fused-ring (bicyclic) bond motifs is 1. The number of nitrogens with zero attached hydrogens (tertiary/aromatic N) is 4. The zero-order chi connectivity index (χ0) is 17.5. The average molecular weight is 416 g/mol. The molecular formula is C16H20BrClN4O2. The number of hydrogen-bond donors (Lipinski definition) is 0. The monoisotopic (exact) mass is 414 g/mol. The summed E-state index contributed by atoms with van der Waals surface area (Å²) in [6, 6.07) is 1.82. The van der Waals surface area contributed by atoms with Crippen LogP contribution in [0.4, 0.5) is 4.79 Å². The van der Waals surface area contributed by atoms with Gasteiger partial charge in [-0.3, -0.25) is 0 Å². The summed E-state index contributed by atoms with van der Waals surface area (Å²) in [5.74, 6) is 0.109. The molecule has 1 aliphatic heterocycles. The van der Waals surface area contributed by atoms with E-state index < -0.39 is 5.60 Å². The van der Waals surface area contributed by atoms with Crippen LogP contribution in [0.3, 0.4) is 0 Å². The van der Waals surface area contributed by atoms with Crippen molar-refractivity contribution >= 4 is 39.3 Å². The zero-order valence-electron chi connectivity index (χ0n) is 13.9. The molecule has 0 aliphatic carbocycles. The summed E-state index contributed by atoms with van der Waals surface area (Å²) in [6.45, 7) is 6.89. The van der Waals surface area contributed by atoms with Crippen LogP contribution < -0.4 is 0 Å². The molecule has 1 atom stereocenters. The van der Waals surface area contributed by atoms with Gasteiger partial charge in [0.2, 0.25) is 0 Å². The van der Waals surface area contributed by atoms with Crippen LogP contribution in [0, 0.1) is 0 Å². The smallest absolute Gasteiger partial charge is 0.410 e. The van der Waals surface area contributed by atoms with Gasteiger partial charge >= 0.3 is 6.09 Å². The van der Waals surface area contributed by atoms with E-state index in [1.165, 1.54) is 0 Å². The molecule has 3 heterocycles. The van der Waals surface area contributed by atoms with Crippen LogP contribution >= 0.6 is 27.5 Å². The van der Waals surface area contributed by atoms with Gasteiger partial charge in [0, 0.05) is 25.1 Å². The van der Waals surface area contributed by atoms with Crippen molar-refractivity contribution in [1.82, 2.24) is 19.5 Å². The van der Waals surface area contributed by atoms with Gasteiger partial charge in [-0.05, 0) is 49.5 Å². The molecule has 1 unspecified atom stereocenters. The number of rotatable bonds is 1. The molecule has 1 saturated heterocycles. The summed E-state index contributed by atoms with van der Waals surface area (Å²) in [5.41, 5.74) is 1.07. The third kappa shape index (κ3) is 3.52. The van der Waals surface area contributed by atoms with Crippen LogP contribution in [0.15, 0.2) is 16.7 Å². The second-order valence-electron chi connectivity index (χ2n) is 6.97. The molecule has 1 amide bonds. The number of halogens is 2. The molecule has 8 heteroatoms. The first-order chi connectivity index (χ1) is 11.3. The molecule has 0 saturated carbocycles. The normalized spacial score (nSPS) is 18.9. The van der Waals surface area contributed by atoms with E-state index in [-0.39, 0.29) is 12.0 Å². The van der Waals surface area contributed by atoms with Crippen LogP contribution in [-0.4, -0.2) is 44.3 Å². The van der Waals surface area contributed by atoms with Crippen LogP contribution in [-0.2, 0) is 4.74 Å². The van der Waals surface area contributed by atoms with Gasteiger partial charge in [0.1, 0.15) is 10.8 Å². The maximum absolute atomic E-state index is 12.3. The van der Waals surface area contributed by atoms with E-state index in [1.54, 1.807) is 15.6 Å². The van der Waals surface area contributed by atoms with Crippen molar-refractivity contribution < 1.29 is 9.53 Å². The first kappa shape index (κ1) is 17.5. The molecule has 6 nitrogen and oxygen atoms in total. The minimum absolute atomic E-state index is 0.109. The first-order valence-corrected chi connectivity index (χ1v) is 9.10. The van der Waals surface area contributed by atoms with E-state index in [1.807, 2.05) is 26.8 Å². The van der Waals surface area contributed by atoms with E-state index in [0.29, 0.717) is 23.9 Å². The summed E-state index contributed by atoms with van der Waals surface area (Å²) in [4.78, 5) is 18.8. The molecule has 130 valence electrons. The van der Waals surface area contributed by atoms with Crippen molar-refractivity contribution in [3.63, 3.8) is 0 Å². The molecule has 0 spiro atoms. The minimum atomic E-state index is -0.497. The number of carbonyl (C=O) groups excluding carboxylic acids is 1. The number of aromatic nitrogens is 3. The molecule has 0 N–H and O–H groups in total. The molecule has 2 aromatic heterocycles. The summed E-state index contributed by atoms with van der Waals surface area (Å²) >= 11 is 9.92. The predicted octanol–water partition coefficient (Wildman–Crippen LogP) is 4.26. The summed E-state index contributed by atoms with van der Waals surface area (Å²) in [7, 11) is 0. The van der Waals surface area contributed by atoms with E-state index in [0.717, 1.165) is 23.0 Å². The van der Waals surface area contributed by atoms with Gasteiger partial charge in [-0.1, -0.05) is 11.6 Å². The lowest BCUT2D eigenvalue weighted by Crippen LogP contribution is -2.42. The second-order valence-corrected chi connectivity index (χ2v) is 8.12. The highest BCUT2D eigenvalue weighted by Crippen LogP contribution is 2.35. The Balaban J connectivity index is 1.85. The highest BCUT2D eigenvalue weighted by Gasteiger charge is 2.30. The van der Waals surface area contributed by atoms with Crippen molar-refractivity contribution in [3.05, 3.63) is 27.6 Å². The zero-order valence-corrected chi connectivity index (χ0v) is 16.3. The fourth-order valence-electron chi connectivity index (χ4n) is 2.87. The van der Waals surface area contributed by atoms with Gasteiger partial charge in [0.15, 0.2) is 5.65 Å². The molecule has 0 aromatic carbocycles. The Morgan fingerprint density at radius 1 is 1.46 bits per heavy atom. The lowest BCUT2D eigenvalue weighted by atomic mass is 9.95. The summed E-state index contributed by atoms with van der Waals surface area (Å²) in [6.07, 6.45) is 3.24. The summed E-state index contributed by atoms with van der Waals surface area (Å²) < 4.78 is 7.81. The quantitative estimate of drug-likeness (QED) is 0.653. The topological polar surface area (TPSA) is 59.7 Å². The van der Waals surface area contributed by atoms with Gasteiger partial charge in [-0.2, -0.15) is 5.10 Å². The molecule has 0 bridgehead atoms. The molecule has 24 heavy (non-hydrogen) atoms. The van der Waals surface area contributed by atoms with Crippen LogP contribution in [0.25, 0.3) is 5.65 Å². The maximum atomic E-state index is 12.3. The number of piperidine rings is 1. The Kier molecular flexibility index (Phi) is 4.75. The van der Waals surface area contributed by atoms with Crippen molar-refractivity contribution in [2.45, 2.75) is 45.1 Å². The highest BCUT2D eigenvalue weighted by atomic mass is 79.9. The molecule has 3 rings (SSSR count). The van der Waals surface area contributed by atoms with E-state index in [9.17, 15) is 4.79 Å². The Morgan fingerprint density at radius 3 is 2.92 bits per heavy atom. The van der Waals surface area contributed by atoms with E-state index in [4.69, 9.17) is 16.3 Å². The summed E-state index contributed by atoms with van der Waals surface area (Å²) in [5, 5.41) is 4.65. The third-order valence-electron chi connectivity index (χ3n) is 3.91. The van der Waals surface area contributed by atoms with Crippen molar-refractivity contribution in [2.24, 2.45) is 0 Å². The predicted molar refractivity (Wildman–Crippen MR) is 95.5 cm³/mol. The molecule has 0 radical (unpaired) electrons. The standard InChI is InChI=1S/C16H20BrClN4O2/c1-16(2,3)24-15(23)21-8-4-5-10(9-21)13-12(17)14(18)22-11(20-13)6-7-19-22/h6-7,10H,4-5,8-9H2,1-3H3. The first-order valence-electron chi connectivity index (χ1n) is 7.93. The van der Waals surface area contributed by atoms with Crippen LogP contribution in [0.1, 0.15) is 45.2 Å². The van der Waals surface area contributed by atoms with Crippen LogP contribution in [0.2, 0.25) is 5.15 Å². The SMILES string of the molecule is CC(C)(C)OC(=O)N1CCCC(c2nc3ccnn3c(Cl)c2Br)C1. The van der Waals surface area contributed by atoms with Gasteiger partial charge in [0.05, 0.1) is 16.4 Å². The minimum Gasteiger partial charge on any atom is -0.444 e. The largest absolute Gasteiger partial charge is 0.444 e. The fourth-order valence-corrected chi connectivity index (χ4v) is 3.67. The number of ether oxygens (including phenoxy) is 1. The lowest BCUT2D eigenvalue weighted by molar-refractivity contribution is 0.0197. The number of amides is 1. The Hall–Kier alpha value is -1.34. The molecule has 1 aliphatic rings. The van der Waals surface area contributed by atoms with E-state index >= 15 is 0 Å². The van der Waals surface area contributed by atoms with Crippen molar-refractivity contribution in [1.29, 1.82) is 0 Å². The Morgan fingerprint density at radius 2 is 2.21 bits per heavy atom. The lowest BCUT2D eigenvalue weighted by Gasteiger charge is -2.34. The van der Waals surface area contributed by atoms with Crippen molar-refractivity contribution in [2.75, 3.05) is 13.1 Å². The highest BCUT2D eigenvalue weighted by molar-refractivity contribution is 9.10. The van der Waals surface area contributed by atoms with Gasteiger partial charge < -0.3 is 9.64 Å². The molecular weight excluding hydrogens is 396 g/mol. The Labute approximate surface area is 154 Å². The van der Waals surface area contributed by atoms with Crippen LogP contribution in [0.5, 0.6) is 0 Å². The molecule has 2 aromatic rings. The average Bonchev–Trinajstić information content (AvgIpc) is 2.98. The number of hydrogen-bond acceptors (Lipinski definition) is 4. The maximum Gasteiger partial charge on any atom is 0.410 e. The van der Waals surface area contributed by atoms with Crippen molar-refractivity contribution in [3.8, 4) is 0 Å². The van der Waals surface area contributed by atoms with Gasteiger partial charge in [0.25, 0.3) is 0 Å².